The highest BCUT2D eigenvalue weighted by atomic mass is 35.5. The molecule has 0 aliphatic heterocycles. The van der Waals surface area contributed by atoms with Gasteiger partial charge in [0.05, 0.1) is 6.54 Å². The third-order valence-electron chi connectivity index (χ3n) is 2.49. The van der Waals surface area contributed by atoms with E-state index in [1.54, 1.807) is 18.2 Å². The van der Waals surface area contributed by atoms with Crippen LogP contribution < -0.4 is 15.9 Å². The molecule has 2 N–H and O–H groups in total. The van der Waals surface area contributed by atoms with Crippen molar-refractivity contribution in [1.29, 1.82) is 0 Å². The van der Waals surface area contributed by atoms with Crippen LogP contribution in [0.5, 0.6) is 5.75 Å². The maximum absolute atomic E-state index is 11.7. The monoisotopic (exact) mass is 299 g/mol. The maximum Gasteiger partial charge on any atom is 0.227 e. The van der Waals surface area contributed by atoms with Gasteiger partial charge >= 0.3 is 0 Å². The fourth-order valence-corrected chi connectivity index (χ4v) is 1.98. The number of rotatable bonds is 4. The minimum atomic E-state index is -0.296. The maximum atomic E-state index is 11.7. The van der Waals surface area contributed by atoms with Crippen LogP contribution in [0.25, 0.3) is 0 Å². The number of hydrogen-bond acceptors (Lipinski definition) is 4. The molecule has 1 aromatic heterocycles. The Morgan fingerprint density at radius 2 is 1.95 bits per heavy atom. The molecule has 0 saturated carbocycles. The summed E-state index contributed by atoms with van der Waals surface area (Å²) in [5.74, 6) is 0.487. The molecule has 1 heterocycles. The van der Waals surface area contributed by atoms with Gasteiger partial charge in [0.2, 0.25) is 11.2 Å². The third-order valence-corrected chi connectivity index (χ3v) is 3.20. The summed E-state index contributed by atoms with van der Waals surface area (Å²) in [4.78, 5) is 11.7. The van der Waals surface area contributed by atoms with Crippen LogP contribution in [-0.4, -0.2) is 0 Å². The third kappa shape index (κ3) is 3.29. The van der Waals surface area contributed by atoms with Gasteiger partial charge in [-0.3, -0.25) is 4.79 Å². The van der Waals surface area contributed by atoms with Gasteiger partial charge in [-0.05, 0) is 12.1 Å². The zero-order valence-corrected chi connectivity index (χ0v) is 11.4. The molecule has 0 aliphatic rings. The Kier molecular flexibility index (Phi) is 4.47. The zero-order valence-electron chi connectivity index (χ0n) is 9.86. The minimum Gasteiger partial charge on any atom is -0.482 e. The molecule has 0 fully saturated rings. The highest BCUT2D eigenvalue weighted by Crippen LogP contribution is 2.25. The summed E-state index contributed by atoms with van der Waals surface area (Å²) in [6.07, 6.45) is 1.23. The molecule has 6 heteroatoms. The Morgan fingerprint density at radius 1 is 1.26 bits per heavy atom. The number of ether oxygens (including phenoxy) is 1. The summed E-state index contributed by atoms with van der Waals surface area (Å²) < 4.78 is 10.5. The second-order valence-corrected chi connectivity index (χ2v) is 4.58. The molecule has 0 aliphatic carbocycles. The van der Waals surface area contributed by atoms with Crippen LogP contribution in [0.1, 0.15) is 11.3 Å². The van der Waals surface area contributed by atoms with Crippen molar-refractivity contribution in [3.63, 3.8) is 0 Å². The second kappa shape index (κ2) is 6.10. The van der Waals surface area contributed by atoms with Gasteiger partial charge < -0.3 is 14.9 Å². The van der Waals surface area contributed by atoms with Crippen molar-refractivity contribution in [1.82, 2.24) is 0 Å². The fourth-order valence-electron chi connectivity index (χ4n) is 1.47. The topological polar surface area (TPSA) is 65.5 Å². The van der Waals surface area contributed by atoms with Crippen LogP contribution in [0.2, 0.25) is 10.0 Å². The van der Waals surface area contributed by atoms with Crippen molar-refractivity contribution < 1.29 is 9.15 Å². The molecule has 0 saturated heterocycles. The van der Waals surface area contributed by atoms with Crippen molar-refractivity contribution in [2.24, 2.45) is 5.73 Å². The van der Waals surface area contributed by atoms with Crippen LogP contribution in [-0.2, 0) is 13.2 Å². The molecule has 2 rings (SSSR count). The van der Waals surface area contributed by atoms with Crippen molar-refractivity contribution in [3.8, 4) is 5.75 Å². The lowest BCUT2D eigenvalue weighted by Gasteiger charge is -2.08. The summed E-state index contributed by atoms with van der Waals surface area (Å²) in [5.41, 5.74) is 5.69. The van der Waals surface area contributed by atoms with E-state index in [1.807, 2.05) is 0 Å². The molecule has 0 amide bonds. The van der Waals surface area contributed by atoms with E-state index >= 15 is 0 Å². The predicted molar refractivity (Wildman–Crippen MR) is 73.7 cm³/mol. The van der Waals surface area contributed by atoms with E-state index in [2.05, 4.69) is 0 Å². The fraction of sp³-hybridized carbons (Fsp3) is 0.154. The zero-order chi connectivity index (χ0) is 13.8. The summed E-state index contributed by atoms with van der Waals surface area (Å²) in [7, 11) is 0. The minimum absolute atomic E-state index is 0.0885. The molecule has 1 aromatic carbocycles. The molecule has 0 radical (unpaired) electrons. The first kappa shape index (κ1) is 13.9. The van der Waals surface area contributed by atoms with Gasteiger partial charge in [-0.15, -0.1) is 0 Å². The largest absolute Gasteiger partial charge is 0.482 e. The highest BCUT2D eigenvalue weighted by molar-refractivity contribution is 6.35. The van der Waals surface area contributed by atoms with E-state index in [9.17, 15) is 4.79 Å². The lowest BCUT2D eigenvalue weighted by molar-refractivity contribution is 0.290. The Hall–Kier alpha value is -1.49. The normalized spacial score (nSPS) is 10.5. The van der Waals surface area contributed by atoms with E-state index < -0.39 is 0 Å². The SMILES string of the molecule is NCc1cc(=O)c(OCc2c(Cl)cccc2Cl)co1. The first-order valence-corrected chi connectivity index (χ1v) is 6.25. The molecule has 19 heavy (non-hydrogen) atoms. The van der Waals surface area contributed by atoms with E-state index in [1.165, 1.54) is 12.3 Å². The average molecular weight is 300 g/mol. The van der Waals surface area contributed by atoms with Gasteiger partial charge in [0.25, 0.3) is 0 Å². The molecule has 100 valence electrons. The van der Waals surface area contributed by atoms with Gasteiger partial charge in [-0.2, -0.15) is 0 Å². The molecule has 4 nitrogen and oxygen atoms in total. The number of benzene rings is 1. The Balaban J connectivity index is 2.17. The quantitative estimate of drug-likeness (QED) is 0.942. The molecule has 2 aromatic rings. The summed E-state index contributed by atoms with van der Waals surface area (Å²) >= 11 is 12.0. The van der Waals surface area contributed by atoms with Crippen LogP contribution in [0, 0.1) is 0 Å². The molecule has 0 unspecified atom stereocenters. The number of nitrogens with two attached hydrogens (primary N) is 1. The van der Waals surface area contributed by atoms with E-state index in [4.69, 9.17) is 38.1 Å². The summed E-state index contributed by atoms with van der Waals surface area (Å²) in [5, 5.41) is 0.964. The van der Waals surface area contributed by atoms with E-state index in [0.29, 0.717) is 21.4 Å². The first-order chi connectivity index (χ1) is 9.11. The number of halogens is 2. The molecule has 0 spiro atoms. The Labute approximate surface area is 119 Å². The second-order valence-electron chi connectivity index (χ2n) is 3.77. The average Bonchev–Trinajstić information content (AvgIpc) is 2.39. The highest BCUT2D eigenvalue weighted by Gasteiger charge is 2.09. The summed E-state index contributed by atoms with van der Waals surface area (Å²) in [6, 6.07) is 6.43. The Morgan fingerprint density at radius 3 is 2.53 bits per heavy atom. The van der Waals surface area contributed by atoms with Gasteiger partial charge in [0.1, 0.15) is 18.6 Å². The lowest BCUT2D eigenvalue weighted by Crippen LogP contribution is -2.09. The van der Waals surface area contributed by atoms with Gasteiger partial charge in [0, 0.05) is 21.7 Å². The molecule has 0 bridgehead atoms. The van der Waals surface area contributed by atoms with Gasteiger partial charge in [0.15, 0.2) is 0 Å². The van der Waals surface area contributed by atoms with Crippen molar-refractivity contribution >= 4 is 23.2 Å². The van der Waals surface area contributed by atoms with E-state index in [0.717, 1.165) is 0 Å². The first-order valence-electron chi connectivity index (χ1n) is 5.49. The lowest BCUT2D eigenvalue weighted by atomic mass is 10.2. The van der Waals surface area contributed by atoms with Crippen LogP contribution >= 0.6 is 23.2 Å². The predicted octanol–water partition coefficient (Wildman–Crippen LogP) is 2.98. The molecular weight excluding hydrogens is 289 g/mol. The molecular formula is C13H11Cl2NO3. The van der Waals surface area contributed by atoms with Crippen molar-refractivity contribution in [2.45, 2.75) is 13.2 Å². The summed E-state index contributed by atoms with van der Waals surface area (Å²) in [6.45, 7) is 0.247. The Bertz CT molecular complexity index is 620. The van der Waals surface area contributed by atoms with Gasteiger partial charge in [-0.1, -0.05) is 29.3 Å². The van der Waals surface area contributed by atoms with Crippen molar-refractivity contribution in [3.05, 3.63) is 62.1 Å². The number of hydrogen-bond donors (Lipinski definition) is 1. The van der Waals surface area contributed by atoms with E-state index in [-0.39, 0.29) is 24.3 Å². The van der Waals surface area contributed by atoms with Crippen LogP contribution in [0.4, 0.5) is 0 Å². The van der Waals surface area contributed by atoms with Crippen molar-refractivity contribution in [2.75, 3.05) is 0 Å². The smallest absolute Gasteiger partial charge is 0.227 e. The molecule has 0 atom stereocenters. The van der Waals surface area contributed by atoms with Crippen LogP contribution in [0.15, 0.2) is 39.7 Å². The van der Waals surface area contributed by atoms with Gasteiger partial charge in [-0.25, -0.2) is 0 Å². The standard InChI is InChI=1S/C13H11Cl2NO3/c14-10-2-1-3-11(15)9(10)6-19-13-7-18-8(5-16)4-12(13)17/h1-4,7H,5-6,16H2. The van der Waals surface area contributed by atoms with Crippen LogP contribution in [0.3, 0.4) is 0 Å².